The van der Waals surface area contributed by atoms with Crippen molar-refractivity contribution in [3.8, 4) is 0 Å². The van der Waals surface area contributed by atoms with Gasteiger partial charge in [-0.2, -0.15) is 0 Å². The predicted molar refractivity (Wildman–Crippen MR) is 56.9 cm³/mol. The topological polar surface area (TPSA) is 43.1 Å². The van der Waals surface area contributed by atoms with Crippen LogP contribution in [0.5, 0.6) is 0 Å². The van der Waals surface area contributed by atoms with Crippen molar-refractivity contribution < 1.29 is 9.32 Å². The first-order valence-electron chi connectivity index (χ1n) is 4.60. The van der Waals surface area contributed by atoms with Gasteiger partial charge in [-0.3, -0.25) is 4.79 Å². The fourth-order valence-corrected chi connectivity index (χ4v) is 1.75. The zero-order valence-electron chi connectivity index (χ0n) is 7.81. The lowest BCUT2D eigenvalue weighted by molar-refractivity contribution is 0.112. The number of hydrogen-bond acceptors (Lipinski definition) is 3. The second-order valence-corrected chi connectivity index (χ2v) is 3.42. The molecule has 0 fully saturated rings. The highest BCUT2D eigenvalue weighted by Gasteiger charge is 2.04. The Hall–Kier alpha value is -2.16. The van der Waals surface area contributed by atoms with Gasteiger partial charge in [0, 0.05) is 16.3 Å². The summed E-state index contributed by atoms with van der Waals surface area (Å²) in [5, 5.41) is 6.92. The van der Waals surface area contributed by atoms with Gasteiger partial charge in [0.1, 0.15) is 18.1 Å². The average molecular weight is 197 g/mol. The molecule has 0 N–H and O–H groups in total. The third-order valence-corrected chi connectivity index (χ3v) is 2.51. The number of aldehydes is 1. The SMILES string of the molecule is O=Cc1ccc2c(ccc3conc32)c1. The molecule has 0 radical (unpaired) electrons. The monoisotopic (exact) mass is 197 g/mol. The zero-order valence-corrected chi connectivity index (χ0v) is 7.81. The fourth-order valence-electron chi connectivity index (χ4n) is 1.75. The summed E-state index contributed by atoms with van der Waals surface area (Å²) in [5.41, 5.74) is 1.51. The van der Waals surface area contributed by atoms with E-state index in [2.05, 4.69) is 5.16 Å². The first-order valence-corrected chi connectivity index (χ1v) is 4.60. The van der Waals surface area contributed by atoms with Crippen molar-refractivity contribution in [2.45, 2.75) is 0 Å². The molecule has 72 valence electrons. The quantitative estimate of drug-likeness (QED) is 0.563. The van der Waals surface area contributed by atoms with E-state index in [0.29, 0.717) is 5.56 Å². The third kappa shape index (κ3) is 1.13. The highest BCUT2D eigenvalue weighted by atomic mass is 16.5. The fraction of sp³-hybridized carbons (Fsp3) is 0. The van der Waals surface area contributed by atoms with Crippen LogP contribution in [0.15, 0.2) is 41.1 Å². The van der Waals surface area contributed by atoms with E-state index in [9.17, 15) is 4.79 Å². The molecule has 0 bridgehead atoms. The van der Waals surface area contributed by atoms with Gasteiger partial charge in [-0.05, 0) is 17.5 Å². The maximum atomic E-state index is 10.6. The van der Waals surface area contributed by atoms with Crippen LogP contribution in [0.3, 0.4) is 0 Å². The number of carbonyl (C=O) groups excluding carboxylic acids is 1. The van der Waals surface area contributed by atoms with Crippen LogP contribution in [0.1, 0.15) is 10.4 Å². The largest absolute Gasteiger partial charge is 0.363 e. The van der Waals surface area contributed by atoms with Crippen molar-refractivity contribution in [3.63, 3.8) is 0 Å². The van der Waals surface area contributed by atoms with Crippen LogP contribution in [0.25, 0.3) is 21.7 Å². The molecule has 1 heterocycles. The van der Waals surface area contributed by atoms with E-state index in [1.165, 1.54) is 0 Å². The molecule has 0 saturated carbocycles. The number of fused-ring (bicyclic) bond motifs is 3. The summed E-state index contributed by atoms with van der Waals surface area (Å²) in [7, 11) is 0. The van der Waals surface area contributed by atoms with Crippen molar-refractivity contribution in [3.05, 3.63) is 42.2 Å². The maximum Gasteiger partial charge on any atom is 0.150 e. The minimum Gasteiger partial charge on any atom is -0.363 e. The van der Waals surface area contributed by atoms with E-state index in [1.54, 1.807) is 12.3 Å². The lowest BCUT2D eigenvalue weighted by Gasteiger charge is -1.98. The van der Waals surface area contributed by atoms with E-state index >= 15 is 0 Å². The van der Waals surface area contributed by atoms with Gasteiger partial charge in [-0.1, -0.05) is 23.4 Å². The second kappa shape index (κ2) is 2.92. The normalized spacial score (nSPS) is 10.9. The van der Waals surface area contributed by atoms with Crippen LogP contribution in [0.2, 0.25) is 0 Å². The smallest absolute Gasteiger partial charge is 0.150 e. The Balaban J connectivity index is 2.48. The number of hydrogen-bond donors (Lipinski definition) is 0. The number of carbonyl (C=O) groups is 1. The lowest BCUT2D eigenvalue weighted by atomic mass is 10.1. The Kier molecular flexibility index (Phi) is 1.59. The number of benzene rings is 2. The van der Waals surface area contributed by atoms with Crippen LogP contribution < -0.4 is 0 Å². The van der Waals surface area contributed by atoms with Gasteiger partial charge < -0.3 is 4.52 Å². The van der Waals surface area contributed by atoms with Crippen molar-refractivity contribution in [2.75, 3.05) is 0 Å². The summed E-state index contributed by atoms with van der Waals surface area (Å²) >= 11 is 0. The molecule has 2 aromatic carbocycles. The number of rotatable bonds is 1. The summed E-state index contributed by atoms with van der Waals surface area (Å²) in [6.07, 6.45) is 2.45. The molecule has 0 amide bonds. The van der Waals surface area contributed by atoms with Gasteiger partial charge in [0.25, 0.3) is 0 Å². The van der Waals surface area contributed by atoms with Gasteiger partial charge >= 0.3 is 0 Å². The third-order valence-electron chi connectivity index (χ3n) is 2.51. The molecule has 3 nitrogen and oxygen atoms in total. The first-order chi connectivity index (χ1) is 7.38. The van der Waals surface area contributed by atoms with Crippen LogP contribution >= 0.6 is 0 Å². The molecule has 1 aromatic heterocycles. The highest BCUT2D eigenvalue weighted by molar-refractivity contribution is 6.05. The van der Waals surface area contributed by atoms with Gasteiger partial charge in [-0.15, -0.1) is 0 Å². The van der Waals surface area contributed by atoms with Crippen molar-refractivity contribution in [2.24, 2.45) is 0 Å². The van der Waals surface area contributed by atoms with Gasteiger partial charge in [-0.25, -0.2) is 0 Å². The van der Waals surface area contributed by atoms with Crippen molar-refractivity contribution in [1.82, 2.24) is 5.16 Å². The summed E-state index contributed by atoms with van der Waals surface area (Å²) in [6.45, 7) is 0. The predicted octanol–water partition coefficient (Wildman–Crippen LogP) is 2.79. The van der Waals surface area contributed by atoms with Crippen LogP contribution in [0, 0.1) is 0 Å². The molecule has 0 aliphatic rings. The van der Waals surface area contributed by atoms with Crippen molar-refractivity contribution >= 4 is 28.0 Å². The number of nitrogens with zero attached hydrogens (tertiary/aromatic N) is 1. The summed E-state index contributed by atoms with van der Waals surface area (Å²) in [6, 6.07) is 9.41. The van der Waals surface area contributed by atoms with Crippen LogP contribution in [0.4, 0.5) is 0 Å². The molecule has 3 aromatic rings. The van der Waals surface area contributed by atoms with E-state index in [4.69, 9.17) is 4.52 Å². The molecule has 0 saturated heterocycles. The zero-order chi connectivity index (χ0) is 10.3. The molecular formula is C12H7NO2. The van der Waals surface area contributed by atoms with Gasteiger partial charge in [0.15, 0.2) is 0 Å². The Labute approximate surface area is 85.3 Å². The molecule has 15 heavy (non-hydrogen) atoms. The number of aromatic nitrogens is 1. The molecule has 0 aliphatic carbocycles. The maximum absolute atomic E-state index is 10.6. The molecule has 0 aliphatic heterocycles. The average Bonchev–Trinajstić information content (AvgIpc) is 2.76. The Morgan fingerprint density at radius 1 is 1.13 bits per heavy atom. The van der Waals surface area contributed by atoms with Crippen LogP contribution in [-0.2, 0) is 0 Å². The van der Waals surface area contributed by atoms with Crippen LogP contribution in [-0.4, -0.2) is 11.4 Å². The molecular weight excluding hydrogens is 190 g/mol. The standard InChI is InChI=1S/C12H7NO2/c14-6-8-1-4-11-9(5-8)2-3-10-7-15-13-12(10)11/h1-7H. The van der Waals surface area contributed by atoms with E-state index < -0.39 is 0 Å². The second-order valence-electron chi connectivity index (χ2n) is 3.42. The minimum absolute atomic E-state index is 0.672. The summed E-state index contributed by atoms with van der Waals surface area (Å²) < 4.78 is 4.91. The van der Waals surface area contributed by atoms with Crippen molar-refractivity contribution in [1.29, 1.82) is 0 Å². The molecule has 0 spiro atoms. The molecule has 3 rings (SSSR count). The highest BCUT2D eigenvalue weighted by Crippen LogP contribution is 2.24. The Bertz CT molecular complexity index is 655. The van der Waals surface area contributed by atoms with Gasteiger partial charge in [0.05, 0.1) is 0 Å². The van der Waals surface area contributed by atoms with E-state index in [0.717, 1.165) is 28.0 Å². The van der Waals surface area contributed by atoms with Gasteiger partial charge in [0.2, 0.25) is 0 Å². The lowest BCUT2D eigenvalue weighted by Crippen LogP contribution is -1.81. The Morgan fingerprint density at radius 2 is 2.00 bits per heavy atom. The van der Waals surface area contributed by atoms with E-state index in [-0.39, 0.29) is 0 Å². The first kappa shape index (κ1) is 8.17. The molecule has 0 atom stereocenters. The summed E-state index contributed by atoms with van der Waals surface area (Å²) in [5.74, 6) is 0. The molecule has 3 heteroatoms. The summed E-state index contributed by atoms with van der Waals surface area (Å²) in [4.78, 5) is 10.6. The Morgan fingerprint density at radius 3 is 2.87 bits per heavy atom. The minimum atomic E-state index is 0.672. The van der Waals surface area contributed by atoms with E-state index in [1.807, 2.05) is 24.3 Å². The molecule has 0 unspecified atom stereocenters.